The first kappa shape index (κ1) is 16.7. The Kier molecular flexibility index (Phi) is 6.57. The minimum atomic E-state index is -0.369. The average Bonchev–Trinajstić information content (AvgIpc) is 2.52. The van der Waals surface area contributed by atoms with Gasteiger partial charge in [0.25, 0.3) is 0 Å². The number of benzene rings is 1. The molecular weight excluding hydrogens is 289 g/mol. The number of methoxy groups -OCH3 is 1. The molecule has 22 heavy (non-hydrogen) atoms. The monoisotopic (exact) mass is 311 g/mol. The van der Waals surface area contributed by atoms with Gasteiger partial charge in [0.05, 0.1) is 26.4 Å². The van der Waals surface area contributed by atoms with Crippen LogP contribution in [-0.4, -0.2) is 59.0 Å². The van der Waals surface area contributed by atoms with Crippen molar-refractivity contribution in [1.29, 1.82) is 0 Å². The number of nitrogens with one attached hydrogen (secondary N) is 2. The van der Waals surface area contributed by atoms with Gasteiger partial charge < -0.3 is 25.0 Å². The Balaban J connectivity index is 1.92. The molecule has 0 saturated carbocycles. The Hall–Kier alpha value is -1.70. The smallest absolute Gasteiger partial charge is 0.238 e. The van der Waals surface area contributed by atoms with Crippen molar-refractivity contribution < 1.29 is 18.7 Å². The van der Waals surface area contributed by atoms with Gasteiger partial charge in [0.15, 0.2) is 0 Å². The third kappa shape index (κ3) is 5.25. The number of hydrogen-bond acceptors (Lipinski definition) is 5. The van der Waals surface area contributed by atoms with Crippen LogP contribution < -0.4 is 15.5 Å². The van der Waals surface area contributed by atoms with Crippen molar-refractivity contribution in [1.82, 2.24) is 5.32 Å². The third-order valence-corrected chi connectivity index (χ3v) is 3.31. The van der Waals surface area contributed by atoms with Crippen molar-refractivity contribution in [3.05, 3.63) is 24.0 Å². The number of carbonyl (C=O) groups excluding carboxylic acids is 1. The molecular formula is C15H22FN3O3. The predicted octanol–water partition coefficient (Wildman–Crippen LogP) is 0.837. The lowest BCUT2D eigenvalue weighted by atomic mass is 10.2. The lowest BCUT2D eigenvalue weighted by Crippen LogP contribution is -2.36. The summed E-state index contributed by atoms with van der Waals surface area (Å²) in [5.41, 5.74) is 1.21. The summed E-state index contributed by atoms with van der Waals surface area (Å²) < 4.78 is 23.9. The first-order chi connectivity index (χ1) is 10.7. The topological polar surface area (TPSA) is 62.8 Å². The normalized spacial score (nSPS) is 14.9. The molecule has 7 heteroatoms. The number of halogens is 1. The second kappa shape index (κ2) is 8.67. The Labute approximate surface area is 129 Å². The van der Waals surface area contributed by atoms with E-state index >= 15 is 0 Å². The Morgan fingerprint density at radius 1 is 1.36 bits per heavy atom. The van der Waals surface area contributed by atoms with Crippen LogP contribution in [0.1, 0.15) is 0 Å². The van der Waals surface area contributed by atoms with Gasteiger partial charge in [-0.2, -0.15) is 0 Å². The number of hydrogen-bond donors (Lipinski definition) is 2. The molecule has 1 aromatic carbocycles. The number of anilines is 2. The third-order valence-electron chi connectivity index (χ3n) is 3.31. The molecule has 1 aliphatic rings. The second-order valence-electron chi connectivity index (χ2n) is 5.02. The zero-order valence-electron chi connectivity index (χ0n) is 12.7. The van der Waals surface area contributed by atoms with Gasteiger partial charge in [-0.25, -0.2) is 4.39 Å². The SMILES string of the molecule is COCCNCC(=O)Nc1cc(F)cc(N2CCOCC2)c1. The molecule has 2 rings (SSSR count). The van der Waals surface area contributed by atoms with Crippen LogP contribution in [0.5, 0.6) is 0 Å². The molecule has 1 aromatic rings. The predicted molar refractivity (Wildman–Crippen MR) is 82.8 cm³/mol. The lowest BCUT2D eigenvalue weighted by Gasteiger charge is -2.29. The van der Waals surface area contributed by atoms with Crippen LogP contribution in [0.2, 0.25) is 0 Å². The molecule has 0 aromatic heterocycles. The van der Waals surface area contributed by atoms with Crippen LogP contribution in [0.4, 0.5) is 15.8 Å². The number of amides is 1. The standard InChI is InChI=1S/C15H22FN3O3/c1-21-5-2-17-11-15(20)18-13-8-12(16)9-14(10-13)19-3-6-22-7-4-19/h8-10,17H,2-7,11H2,1H3,(H,18,20). The zero-order valence-corrected chi connectivity index (χ0v) is 12.7. The molecule has 0 bridgehead atoms. The van der Waals surface area contributed by atoms with Crippen LogP contribution in [0.3, 0.4) is 0 Å². The molecule has 0 radical (unpaired) electrons. The molecule has 2 N–H and O–H groups in total. The van der Waals surface area contributed by atoms with Crippen molar-refractivity contribution in [2.24, 2.45) is 0 Å². The van der Waals surface area contributed by atoms with Gasteiger partial charge in [-0.1, -0.05) is 0 Å². The fourth-order valence-corrected chi connectivity index (χ4v) is 2.23. The summed E-state index contributed by atoms with van der Waals surface area (Å²) in [5, 5.41) is 5.64. The summed E-state index contributed by atoms with van der Waals surface area (Å²) in [6, 6.07) is 4.57. The summed E-state index contributed by atoms with van der Waals surface area (Å²) in [7, 11) is 1.60. The van der Waals surface area contributed by atoms with E-state index in [0.29, 0.717) is 32.1 Å². The van der Waals surface area contributed by atoms with Crippen molar-refractivity contribution >= 4 is 17.3 Å². The van der Waals surface area contributed by atoms with Gasteiger partial charge in [0.1, 0.15) is 5.82 Å². The molecule has 1 heterocycles. The van der Waals surface area contributed by atoms with Gasteiger partial charge in [0.2, 0.25) is 5.91 Å². The molecule has 0 unspecified atom stereocenters. The maximum Gasteiger partial charge on any atom is 0.238 e. The van der Waals surface area contributed by atoms with E-state index in [1.165, 1.54) is 12.1 Å². The Bertz CT molecular complexity index is 493. The van der Waals surface area contributed by atoms with Crippen LogP contribution in [0, 0.1) is 5.82 Å². The van der Waals surface area contributed by atoms with Crippen LogP contribution >= 0.6 is 0 Å². The van der Waals surface area contributed by atoms with Crippen molar-refractivity contribution in [3.63, 3.8) is 0 Å². The van der Waals surface area contributed by atoms with Crippen molar-refractivity contribution in [3.8, 4) is 0 Å². The number of nitrogens with zero attached hydrogens (tertiary/aromatic N) is 1. The van der Waals surface area contributed by atoms with E-state index in [4.69, 9.17) is 9.47 Å². The van der Waals surface area contributed by atoms with E-state index in [1.807, 2.05) is 4.90 Å². The highest BCUT2D eigenvalue weighted by Crippen LogP contribution is 2.22. The lowest BCUT2D eigenvalue weighted by molar-refractivity contribution is -0.115. The highest BCUT2D eigenvalue weighted by molar-refractivity contribution is 5.92. The Morgan fingerprint density at radius 2 is 2.14 bits per heavy atom. The highest BCUT2D eigenvalue weighted by atomic mass is 19.1. The largest absolute Gasteiger partial charge is 0.383 e. The molecule has 122 valence electrons. The summed E-state index contributed by atoms with van der Waals surface area (Å²) in [5.74, 6) is -0.582. The minimum Gasteiger partial charge on any atom is -0.383 e. The zero-order chi connectivity index (χ0) is 15.8. The molecule has 1 amide bonds. The summed E-state index contributed by atoms with van der Waals surface area (Å²) in [4.78, 5) is 13.8. The van der Waals surface area contributed by atoms with Gasteiger partial charge in [-0.15, -0.1) is 0 Å². The number of morpholine rings is 1. The van der Waals surface area contributed by atoms with Gasteiger partial charge in [-0.05, 0) is 18.2 Å². The highest BCUT2D eigenvalue weighted by Gasteiger charge is 2.13. The van der Waals surface area contributed by atoms with E-state index in [1.54, 1.807) is 13.2 Å². The van der Waals surface area contributed by atoms with Gasteiger partial charge in [0, 0.05) is 38.1 Å². The molecule has 0 atom stereocenters. The van der Waals surface area contributed by atoms with E-state index in [-0.39, 0.29) is 18.3 Å². The quantitative estimate of drug-likeness (QED) is 0.731. The van der Waals surface area contributed by atoms with Crippen molar-refractivity contribution in [2.45, 2.75) is 0 Å². The van der Waals surface area contributed by atoms with Crippen LogP contribution in [0.25, 0.3) is 0 Å². The van der Waals surface area contributed by atoms with E-state index < -0.39 is 0 Å². The molecule has 6 nitrogen and oxygen atoms in total. The van der Waals surface area contributed by atoms with E-state index in [9.17, 15) is 9.18 Å². The number of carbonyl (C=O) groups is 1. The second-order valence-corrected chi connectivity index (χ2v) is 5.02. The van der Waals surface area contributed by atoms with Crippen LogP contribution in [-0.2, 0) is 14.3 Å². The molecule has 0 aliphatic carbocycles. The first-order valence-electron chi connectivity index (χ1n) is 7.32. The molecule has 1 saturated heterocycles. The summed E-state index contributed by atoms with van der Waals surface area (Å²) >= 11 is 0. The molecule has 0 spiro atoms. The molecule has 1 aliphatic heterocycles. The number of ether oxygens (including phenoxy) is 2. The Morgan fingerprint density at radius 3 is 2.86 bits per heavy atom. The van der Waals surface area contributed by atoms with Crippen molar-refractivity contribution in [2.75, 3.05) is 63.3 Å². The fourth-order valence-electron chi connectivity index (χ4n) is 2.23. The first-order valence-corrected chi connectivity index (χ1v) is 7.32. The fraction of sp³-hybridized carbons (Fsp3) is 0.533. The van der Waals surface area contributed by atoms with Gasteiger partial charge >= 0.3 is 0 Å². The molecule has 1 fully saturated rings. The maximum absolute atomic E-state index is 13.7. The van der Waals surface area contributed by atoms with Gasteiger partial charge in [-0.3, -0.25) is 4.79 Å². The van der Waals surface area contributed by atoms with Crippen LogP contribution in [0.15, 0.2) is 18.2 Å². The summed E-state index contributed by atoms with van der Waals surface area (Å²) in [6.07, 6.45) is 0. The van der Waals surface area contributed by atoms with E-state index in [2.05, 4.69) is 10.6 Å². The summed E-state index contributed by atoms with van der Waals surface area (Å²) in [6.45, 7) is 3.97. The maximum atomic E-state index is 13.7. The average molecular weight is 311 g/mol. The van der Waals surface area contributed by atoms with E-state index in [0.717, 1.165) is 18.8 Å². The minimum absolute atomic E-state index is 0.159. The number of rotatable bonds is 7.